The zero-order valence-corrected chi connectivity index (χ0v) is 9.33. The van der Waals surface area contributed by atoms with Gasteiger partial charge in [-0.15, -0.1) is 11.6 Å². The van der Waals surface area contributed by atoms with Gasteiger partial charge in [0.1, 0.15) is 11.0 Å². The van der Waals surface area contributed by atoms with Crippen LogP contribution in [0.4, 0.5) is 4.39 Å². The molecule has 0 spiro atoms. The Morgan fingerprint density at radius 2 is 2.29 bits per heavy atom. The number of nitrogens with zero attached hydrogens (tertiary/aromatic N) is 2. The van der Waals surface area contributed by atoms with Crippen molar-refractivity contribution in [2.24, 2.45) is 0 Å². The van der Waals surface area contributed by atoms with Gasteiger partial charge in [0.05, 0.1) is 11.7 Å². The molecule has 3 rings (SSSR count). The lowest BCUT2D eigenvalue weighted by Gasteiger charge is -2.04. The monoisotopic (exact) mass is 251 g/mol. The number of nitrogens with one attached hydrogen (secondary N) is 1. The number of hydrogen-bond acceptors (Lipinski definition) is 2. The van der Waals surface area contributed by atoms with Gasteiger partial charge in [-0.3, -0.25) is 4.79 Å². The fourth-order valence-corrected chi connectivity index (χ4v) is 2.04. The van der Waals surface area contributed by atoms with Crippen molar-refractivity contribution >= 4 is 28.2 Å². The Bertz CT molecular complexity index is 777. The third-order valence-electron chi connectivity index (χ3n) is 2.61. The van der Waals surface area contributed by atoms with Crippen LogP contribution in [0.1, 0.15) is 5.56 Å². The number of aromatic nitrogens is 3. The average Bonchev–Trinajstić information content (AvgIpc) is 2.77. The lowest BCUT2D eigenvalue weighted by atomic mass is 10.2. The molecule has 17 heavy (non-hydrogen) atoms. The molecule has 0 aliphatic heterocycles. The zero-order chi connectivity index (χ0) is 12.0. The van der Waals surface area contributed by atoms with E-state index in [9.17, 15) is 9.18 Å². The second-order valence-corrected chi connectivity index (χ2v) is 3.96. The van der Waals surface area contributed by atoms with Crippen LogP contribution < -0.4 is 5.56 Å². The molecule has 1 aromatic carbocycles. The van der Waals surface area contributed by atoms with E-state index in [2.05, 4.69) is 10.1 Å². The minimum atomic E-state index is -0.455. The first-order valence-corrected chi connectivity index (χ1v) is 5.48. The summed E-state index contributed by atoms with van der Waals surface area (Å²) < 4.78 is 15.2. The van der Waals surface area contributed by atoms with Crippen molar-refractivity contribution in [2.45, 2.75) is 5.88 Å². The molecule has 86 valence electrons. The Kier molecular flexibility index (Phi) is 2.16. The summed E-state index contributed by atoms with van der Waals surface area (Å²) in [5.41, 5.74) is 1.26. The number of aromatic amines is 1. The molecule has 0 saturated carbocycles. The zero-order valence-electron chi connectivity index (χ0n) is 8.58. The van der Waals surface area contributed by atoms with Crippen molar-refractivity contribution in [1.82, 2.24) is 14.6 Å². The van der Waals surface area contributed by atoms with Gasteiger partial charge in [-0.2, -0.15) is 5.10 Å². The lowest BCUT2D eigenvalue weighted by Crippen LogP contribution is -2.11. The highest BCUT2D eigenvalue weighted by atomic mass is 35.5. The highest BCUT2D eigenvalue weighted by molar-refractivity contribution is 6.17. The van der Waals surface area contributed by atoms with Gasteiger partial charge in [0.15, 0.2) is 5.82 Å². The normalized spacial score (nSPS) is 11.4. The predicted molar refractivity (Wildman–Crippen MR) is 62.8 cm³/mol. The van der Waals surface area contributed by atoms with Crippen LogP contribution in [0.15, 0.2) is 29.2 Å². The van der Waals surface area contributed by atoms with Crippen molar-refractivity contribution < 1.29 is 4.39 Å². The van der Waals surface area contributed by atoms with Crippen molar-refractivity contribution in [3.05, 3.63) is 46.1 Å². The van der Waals surface area contributed by atoms with Gasteiger partial charge in [-0.1, -0.05) is 0 Å². The van der Waals surface area contributed by atoms with Crippen molar-refractivity contribution in [1.29, 1.82) is 0 Å². The molecule has 2 heterocycles. The van der Waals surface area contributed by atoms with E-state index in [0.717, 1.165) is 0 Å². The summed E-state index contributed by atoms with van der Waals surface area (Å²) in [5.74, 6) is -0.269. The summed E-state index contributed by atoms with van der Waals surface area (Å²) in [4.78, 5) is 14.3. The molecule has 0 radical (unpaired) electrons. The number of hydrogen-bond donors (Lipinski definition) is 1. The third kappa shape index (κ3) is 1.43. The van der Waals surface area contributed by atoms with E-state index >= 15 is 0 Å². The van der Waals surface area contributed by atoms with Gasteiger partial charge in [-0.25, -0.2) is 8.91 Å². The van der Waals surface area contributed by atoms with Crippen molar-refractivity contribution in [2.75, 3.05) is 0 Å². The van der Waals surface area contributed by atoms with Crippen LogP contribution in [-0.2, 0) is 5.88 Å². The summed E-state index contributed by atoms with van der Waals surface area (Å²) in [5, 5.41) is 3.95. The molecule has 1 N–H and O–H groups in total. The number of H-pyrrole nitrogens is 1. The maximum Gasteiger partial charge on any atom is 0.274 e. The van der Waals surface area contributed by atoms with Gasteiger partial charge in [0.2, 0.25) is 0 Å². The molecule has 0 saturated heterocycles. The van der Waals surface area contributed by atoms with Crippen LogP contribution in [0.2, 0.25) is 0 Å². The molecule has 0 aliphatic rings. The fourth-order valence-electron chi connectivity index (χ4n) is 1.88. The Morgan fingerprint density at radius 1 is 1.47 bits per heavy atom. The van der Waals surface area contributed by atoms with E-state index in [4.69, 9.17) is 11.6 Å². The summed E-state index contributed by atoms with van der Waals surface area (Å²) in [6.45, 7) is 0. The van der Waals surface area contributed by atoms with Crippen LogP contribution in [0.25, 0.3) is 16.6 Å². The fraction of sp³-hybridized carbons (Fsp3) is 0.0909. The standard InChI is InChI=1S/C11H7ClFN3O/c12-5-6-3-7(13)10-8(4-6)15-11(17)9-1-2-14-16(9)10/h1-4H,5H2,(H,15,17). The summed E-state index contributed by atoms with van der Waals surface area (Å²) >= 11 is 5.66. The van der Waals surface area contributed by atoms with Crippen LogP contribution >= 0.6 is 11.6 Å². The molecular formula is C11H7ClFN3O. The lowest BCUT2D eigenvalue weighted by molar-refractivity contribution is 0.631. The molecule has 0 atom stereocenters. The molecule has 2 aromatic heterocycles. The van der Waals surface area contributed by atoms with E-state index in [0.29, 0.717) is 16.6 Å². The minimum Gasteiger partial charge on any atom is -0.319 e. The second-order valence-electron chi connectivity index (χ2n) is 3.69. The molecule has 0 bridgehead atoms. The van der Waals surface area contributed by atoms with E-state index < -0.39 is 5.82 Å². The van der Waals surface area contributed by atoms with E-state index in [1.165, 1.54) is 22.8 Å². The molecule has 0 fully saturated rings. The quantitative estimate of drug-likeness (QED) is 0.673. The molecule has 0 amide bonds. The number of rotatable bonds is 1. The summed E-state index contributed by atoms with van der Waals surface area (Å²) in [6, 6.07) is 4.52. The maximum absolute atomic E-state index is 13.9. The first-order valence-electron chi connectivity index (χ1n) is 4.95. The minimum absolute atomic E-state index is 0.187. The molecule has 6 heteroatoms. The van der Waals surface area contributed by atoms with Crippen LogP contribution in [0, 0.1) is 5.82 Å². The van der Waals surface area contributed by atoms with E-state index in [1.807, 2.05) is 0 Å². The van der Waals surface area contributed by atoms with Crippen molar-refractivity contribution in [3.8, 4) is 0 Å². The van der Waals surface area contributed by atoms with Gasteiger partial charge in [-0.05, 0) is 23.8 Å². The van der Waals surface area contributed by atoms with Crippen molar-refractivity contribution in [3.63, 3.8) is 0 Å². The Morgan fingerprint density at radius 3 is 3.06 bits per heavy atom. The Balaban J connectivity index is 2.59. The average molecular weight is 252 g/mol. The summed E-state index contributed by atoms with van der Waals surface area (Å²) in [6.07, 6.45) is 1.46. The smallest absolute Gasteiger partial charge is 0.274 e. The Hall–Kier alpha value is -1.88. The van der Waals surface area contributed by atoms with Gasteiger partial charge >= 0.3 is 0 Å². The topological polar surface area (TPSA) is 50.2 Å². The van der Waals surface area contributed by atoms with Gasteiger partial charge in [0.25, 0.3) is 5.56 Å². The van der Waals surface area contributed by atoms with Crippen LogP contribution in [-0.4, -0.2) is 14.6 Å². The molecular weight excluding hydrogens is 245 g/mol. The SMILES string of the molecule is O=c1[nH]c2cc(CCl)cc(F)c2n2nccc12. The second kappa shape index (κ2) is 3.56. The third-order valence-corrected chi connectivity index (χ3v) is 2.92. The largest absolute Gasteiger partial charge is 0.319 e. The Labute approximate surface area is 99.6 Å². The number of benzene rings is 1. The number of fused-ring (bicyclic) bond motifs is 3. The maximum atomic E-state index is 13.9. The van der Waals surface area contributed by atoms with Gasteiger partial charge in [0, 0.05) is 5.88 Å². The van der Waals surface area contributed by atoms with E-state index in [-0.39, 0.29) is 17.0 Å². The van der Waals surface area contributed by atoms with Crippen LogP contribution in [0.5, 0.6) is 0 Å². The number of halogens is 2. The predicted octanol–water partition coefficient (Wildman–Crippen LogP) is 2.05. The highest BCUT2D eigenvalue weighted by Crippen LogP contribution is 2.19. The summed E-state index contributed by atoms with van der Waals surface area (Å²) in [7, 11) is 0. The first-order chi connectivity index (χ1) is 8.20. The van der Waals surface area contributed by atoms with E-state index in [1.54, 1.807) is 6.07 Å². The molecule has 0 unspecified atom stereocenters. The highest BCUT2D eigenvalue weighted by Gasteiger charge is 2.11. The van der Waals surface area contributed by atoms with Gasteiger partial charge < -0.3 is 4.98 Å². The van der Waals surface area contributed by atoms with Crippen LogP contribution in [0.3, 0.4) is 0 Å². The first kappa shape index (κ1) is 10.3. The molecule has 3 aromatic rings. The molecule has 0 aliphatic carbocycles. The number of alkyl halides is 1. The molecule has 4 nitrogen and oxygen atoms in total.